The molecule has 1 amide bonds. The number of imidazole rings is 1. The highest BCUT2D eigenvalue weighted by atomic mass is 16.3. The van der Waals surface area contributed by atoms with Gasteiger partial charge in [0.05, 0.1) is 29.5 Å². The standard InChI is InChI=1S/C22H28N6O2/c1-17-12-20(24-15-23-17)27-10-5-9-22(30,14-27)13-26(2)21(29)8-11-28-16-25-18-6-3-4-7-19(18)28/h3-4,6-7,12,15-16,30H,5,8-11,13-14H2,1-2H3/t22-/m0/s1. The zero-order valence-corrected chi connectivity index (χ0v) is 17.5. The molecule has 3 heterocycles. The topological polar surface area (TPSA) is 87.4 Å². The second kappa shape index (κ2) is 8.39. The number of nitrogens with zero attached hydrogens (tertiary/aromatic N) is 6. The lowest BCUT2D eigenvalue weighted by molar-refractivity contribution is -0.133. The number of aromatic nitrogens is 4. The maximum absolute atomic E-state index is 12.7. The fourth-order valence-electron chi connectivity index (χ4n) is 4.18. The molecule has 1 N–H and O–H groups in total. The number of carbonyl (C=O) groups is 1. The summed E-state index contributed by atoms with van der Waals surface area (Å²) in [6.07, 6.45) is 5.20. The molecule has 0 spiro atoms. The number of anilines is 1. The van der Waals surface area contributed by atoms with Gasteiger partial charge in [-0.3, -0.25) is 4.79 Å². The lowest BCUT2D eigenvalue weighted by Crippen LogP contribution is -2.55. The average molecular weight is 409 g/mol. The number of β-amino-alcohol motifs (C(OH)–C–C–N with tert-alkyl or cyclic N) is 1. The van der Waals surface area contributed by atoms with E-state index in [0.29, 0.717) is 32.5 Å². The maximum atomic E-state index is 12.7. The van der Waals surface area contributed by atoms with Crippen molar-refractivity contribution in [1.82, 2.24) is 24.4 Å². The quantitative estimate of drug-likeness (QED) is 0.671. The first-order valence-electron chi connectivity index (χ1n) is 10.3. The van der Waals surface area contributed by atoms with Crippen molar-refractivity contribution in [2.24, 2.45) is 0 Å². The third-order valence-electron chi connectivity index (χ3n) is 5.72. The van der Waals surface area contributed by atoms with Crippen molar-refractivity contribution in [3.05, 3.63) is 48.7 Å². The summed E-state index contributed by atoms with van der Waals surface area (Å²) < 4.78 is 2.00. The van der Waals surface area contributed by atoms with Crippen LogP contribution >= 0.6 is 0 Å². The normalized spacial score (nSPS) is 19.2. The van der Waals surface area contributed by atoms with Crippen molar-refractivity contribution in [3.63, 3.8) is 0 Å². The molecule has 1 atom stereocenters. The Labute approximate surface area is 176 Å². The summed E-state index contributed by atoms with van der Waals surface area (Å²) in [4.78, 5) is 29.3. The van der Waals surface area contributed by atoms with Gasteiger partial charge in [0, 0.05) is 44.9 Å². The van der Waals surface area contributed by atoms with E-state index < -0.39 is 5.60 Å². The van der Waals surface area contributed by atoms with Crippen LogP contribution in [0.4, 0.5) is 5.82 Å². The van der Waals surface area contributed by atoms with Crippen LogP contribution < -0.4 is 4.90 Å². The Hall–Kier alpha value is -3.00. The van der Waals surface area contributed by atoms with Crippen molar-refractivity contribution in [1.29, 1.82) is 0 Å². The number of aliphatic hydroxyl groups is 1. The molecular formula is C22H28N6O2. The highest BCUT2D eigenvalue weighted by Gasteiger charge is 2.35. The van der Waals surface area contributed by atoms with Gasteiger partial charge < -0.3 is 19.5 Å². The first-order valence-corrected chi connectivity index (χ1v) is 10.3. The third-order valence-corrected chi connectivity index (χ3v) is 5.72. The minimum atomic E-state index is -0.955. The molecule has 3 aromatic rings. The second-order valence-corrected chi connectivity index (χ2v) is 8.19. The molecule has 0 bridgehead atoms. The predicted molar refractivity (Wildman–Crippen MR) is 115 cm³/mol. The largest absolute Gasteiger partial charge is 0.386 e. The van der Waals surface area contributed by atoms with Gasteiger partial charge in [-0.15, -0.1) is 0 Å². The SMILES string of the molecule is Cc1cc(N2CCC[C@](O)(CN(C)C(=O)CCn3cnc4ccccc43)C2)ncn1. The highest BCUT2D eigenvalue weighted by molar-refractivity contribution is 5.77. The number of likely N-dealkylation sites (N-methyl/N-ethyl adjacent to an activating group) is 1. The maximum Gasteiger partial charge on any atom is 0.224 e. The molecule has 1 aliphatic rings. The summed E-state index contributed by atoms with van der Waals surface area (Å²) in [5.74, 6) is 0.831. The van der Waals surface area contributed by atoms with Gasteiger partial charge in [0.2, 0.25) is 5.91 Å². The molecule has 0 saturated carbocycles. The molecule has 158 valence electrons. The Morgan fingerprint density at radius 3 is 2.93 bits per heavy atom. The summed E-state index contributed by atoms with van der Waals surface area (Å²) in [7, 11) is 1.76. The van der Waals surface area contributed by atoms with E-state index >= 15 is 0 Å². The van der Waals surface area contributed by atoms with Crippen molar-refractivity contribution in [2.75, 3.05) is 31.6 Å². The van der Waals surface area contributed by atoms with Crippen LogP contribution in [0.5, 0.6) is 0 Å². The Morgan fingerprint density at radius 1 is 1.27 bits per heavy atom. The highest BCUT2D eigenvalue weighted by Crippen LogP contribution is 2.26. The van der Waals surface area contributed by atoms with E-state index in [-0.39, 0.29) is 5.91 Å². The molecule has 1 aliphatic heterocycles. The minimum Gasteiger partial charge on any atom is -0.386 e. The Balaban J connectivity index is 1.36. The van der Waals surface area contributed by atoms with Gasteiger partial charge in [-0.05, 0) is 31.9 Å². The molecule has 4 rings (SSSR count). The van der Waals surface area contributed by atoms with Crippen molar-refractivity contribution in [2.45, 2.75) is 38.3 Å². The number of aryl methyl sites for hydroxylation is 2. The fourth-order valence-corrected chi connectivity index (χ4v) is 4.18. The summed E-state index contributed by atoms with van der Waals surface area (Å²) in [6, 6.07) is 9.82. The molecule has 0 radical (unpaired) electrons. The number of fused-ring (bicyclic) bond motifs is 1. The summed E-state index contributed by atoms with van der Waals surface area (Å²) in [5.41, 5.74) is 1.89. The van der Waals surface area contributed by atoms with Gasteiger partial charge in [-0.2, -0.15) is 0 Å². The fraction of sp³-hybridized carbons (Fsp3) is 0.455. The number of hydrogen-bond donors (Lipinski definition) is 1. The van der Waals surface area contributed by atoms with Crippen LogP contribution in [0.25, 0.3) is 11.0 Å². The molecule has 0 unspecified atom stereocenters. The van der Waals surface area contributed by atoms with Crippen molar-refractivity contribution < 1.29 is 9.90 Å². The average Bonchev–Trinajstić information content (AvgIpc) is 3.15. The van der Waals surface area contributed by atoms with E-state index in [2.05, 4.69) is 19.9 Å². The number of carbonyl (C=O) groups excluding carboxylic acids is 1. The van der Waals surface area contributed by atoms with Crippen molar-refractivity contribution >= 4 is 22.8 Å². The Morgan fingerprint density at radius 2 is 2.10 bits per heavy atom. The number of rotatable bonds is 6. The zero-order valence-electron chi connectivity index (χ0n) is 17.5. The second-order valence-electron chi connectivity index (χ2n) is 8.19. The van der Waals surface area contributed by atoms with Crippen LogP contribution in [0.3, 0.4) is 0 Å². The number of piperidine rings is 1. The lowest BCUT2D eigenvalue weighted by atomic mass is 9.92. The lowest BCUT2D eigenvalue weighted by Gasteiger charge is -2.41. The van der Waals surface area contributed by atoms with Gasteiger partial charge in [0.15, 0.2) is 0 Å². The molecular weight excluding hydrogens is 380 g/mol. The molecule has 1 saturated heterocycles. The van der Waals surface area contributed by atoms with Crippen LogP contribution in [-0.4, -0.2) is 67.7 Å². The number of para-hydroxylation sites is 2. The molecule has 30 heavy (non-hydrogen) atoms. The zero-order chi connectivity index (χ0) is 21.1. The van der Waals surface area contributed by atoms with Gasteiger partial charge in [-0.25, -0.2) is 15.0 Å². The van der Waals surface area contributed by atoms with Crippen LogP contribution in [0.15, 0.2) is 43.0 Å². The predicted octanol–water partition coefficient (Wildman–Crippen LogP) is 2.01. The smallest absolute Gasteiger partial charge is 0.224 e. The van der Waals surface area contributed by atoms with E-state index in [1.54, 1.807) is 24.6 Å². The van der Waals surface area contributed by atoms with Gasteiger partial charge in [-0.1, -0.05) is 12.1 Å². The third kappa shape index (κ3) is 4.43. The number of amides is 1. The first kappa shape index (κ1) is 20.3. The number of benzene rings is 1. The summed E-state index contributed by atoms with van der Waals surface area (Å²) >= 11 is 0. The van der Waals surface area contributed by atoms with Crippen LogP contribution in [0.2, 0.25) is 0 Å². The summed E-state index contributed by atoms with van der Waals surface area (Å²) in [6.45, 7) is 4.08. The monoisotopic (exact) mass is 408 g/mol. The van der Waals surface area contributed by atoms with E-state index in [9.17, 15) is 9.90 Å². The Kier molecular flexibility index (Phi) is 5.67. The summed E-state index contributed by atoms with van der Waals surface area (Å²) in [5, 5.41) is 11.2. The molecule has 0 aliphatic carbocycles. The van der Waals surface area contributed by atoms with Crippen LogP contribution in [0, 0.1) is 6.92 Å². The van der Waals surface area contributed by atoms with E-state index in [4.69, 9.17) is 0 Å². The molecule has 8 nitrogen and oxygen atoms in total. The van der Waals surface area contributed by atoms with Crippen molar-refractivity contribution in [3.8, 4) is 0 Å². The van der Waals surface area contributed by atoms with E-state index in [1.807, 2.05) is 41.8 Å². The number of hydrogen-bond acceptors (Lipinski definition) is 6. The molecule has 8 heteroatoms. The minimum absolute atomic E-state index is 0.0104. The molecule has 1 fully saturated rings. The van der Waals surface area contributed by atoms with E-state index in [1.165, 1.54) is 0 Å². The van der Waals surface area contributed by atoms with Gasteiger partial charge in [0.25, 0.3) is 0 Å². The van der Waals surface area contributed by atoms with Crippen LogP contribution in [0.1, 0.15) is 25.0 Å². The Bertz CT molecular complexity index is 1040. The molecule has 2 aromatic heterocycles. The van der Waals surface area contributed by atoms with Crippen LogP contribution in [-0.2, 0) is 11.3 Å². The van der Waals surface area contributed by atoms with Gasteiger partial charge >= 0.3 is 0 Å². The van der Waals surface area contributed by atoms with Gasteiger partial charge in [0.1, 0.15) is 12.1 Å². The first-order chi connectivity index (χ1) is 14.4. The molecule has 1 aromatic carbocycles. The van der Waals surface area contributed by atoms with E-state index in [0.717, 1.165) is 35.5 Å².